The molecule has 80 heavy (non-hydrogen) atoms. The number of halogens is 1. The van der Waals surface area contributed by atoms with E-state index in [9.17, 15) is 14.7 Å². The Kier molecular flexibility index (Phi) is 14.5. The highest BCUT2D eigenvalue weighted by Crippen LogP contribution is 2.53. The second-order valence-electron chi connectivity index (χ2n) is 22.4. The molecule has 8 aromatic rings. The first kappa shape index (κ1) is 52.8. The summed E-state index contributed by atoms with van der Waals surface area (Å²) in [5.74, 6) is 0.456. The number of piperazine rings is 1. The Hall–Kier alpha value is -7.87. The van der Waals surface area contributed by atoms with Gasteiger partial charge >= 0.3 is 6.01 Å². The number of amides is 2. The van der Waals surface area contributed by atoms with Crippen LogP contribution < -0.4 is 25.0 Å². The molecule has 4 aliphatic rings. The number of rotatable bonds is 19. The molecule has 1 saturated carbocycles. The van der Waals surface area contributed by atoms with Crippen LogP contribution in [0.5, 0.6) is 11.8 Å². The van der Waals surface area contributed by atoms with Crippen molar-refractivity contribution in [1.29, 1.82) is 0 Å². The molecule has 2 amide bonds. The average molecular weight is 1080 g/mol. The van der Waals surface area contributed by atoms with E-state index in [-0.39, 0.29) is 67.4 Å². The van der Waals surface area contributed by atoms with Crippen molar-refractivity contribution in [1.82, 2.24) is 55.7 Å². The van der Waals surface area contributed by atoms with Crippen molar-refractivity contribution in [3.8, 4) is 45.3 Å². The number of aryl methyl sites for hydroxylation is 1. The number of nitrogens with zero attached hydrogens (tertiary/aromatic N) is 9. The van der Waals surface area contributed by atoms with Gasteiger partial charge < -0.3 is 39.8 Å². The van der Waals surface area contributed by atoms with Crippen LogP contribution in [0.25, 0.3) is 55.3 Å². The van der Waals surface area contributed by atoms with Gasteiger partial charge in [-0.3, -0.25) is 19.7 Å². The molecule has 0 unspecified atom stereocenters. The van der Waals surface area contributed by atoms with Crippen LogP contribution in [-0.2, 0) is 20.9 Å². The van der Waals surface area contributed by atoms with E-state index in [0.29, 0.717) is 59.0 Å². The third-order valence-electron chi connectivity index (χ3n) is 16.6. The van der Waals surface area contributed by atoms with E-state index in [2.05, 4.69) is 47.1 Å². The lowest BCUT2D eigenvalue weighted by Gasteiger charge is -2.30. The number of anilines is 1. The van der Waals surface area contributed by atoms with E-state index in [1.807, 2.05) is 88.5 Å². The Morgan fingerprint density at radius 1 is 0.938 bits per heavy atom. The molecule has 7 heterocycles. The number of nitrogens with one attached hydrogen (secondary N) is 3. The Labute approximate surface area is 463 Å². The molecule has 4 N–H and O–H groups in total. The van der Waals surface area contributed by atoms with E-state index in [1.54, 1.807) is 42.2 Å². The molecular formula is C61H67FN12O6. The number of benzene rings is 4. The van der Waals surface area contributed by atoms with Gasteiger partial charge in [-0.2, -0.15) is 15.1 Å². The Morgan fingerprint density at radius 2 is 1.74 bits per heavy atom. The van der Waals surface area contributed by atoms with Crippen LogP contribution >= 0.6 is 0 Å². The van der Waals surface area contributed by atoms with E-state index < -0.39 is 18.1 Å². The van der Waals surface area contributed by atoms with Gasteiger partial charge in [-0.15, -0.1) is 5.10 Å². The second kappa shape index (κ2) is 22.0. The highest BCUT2D eigenvalue weighted by atomic mass is 19.1. The molecular weight excluding hydrogens is 1020 g/mol. The lowest BCUT2D eigenvalue weighted by atomic mass is 9.88. The van der Waals surface area contributed by atoms with Gasteiger partial charge in [0, 0.05) is 78.7 Å². The number of fused-ring (bicyclic) bond motifs is 4. The summed E-state index contributed by atoms with van der Waals surface area (Å²) in [6, 6.07) is 20.0. The summed E-state index contributed by atoms with van der Waals surface area (Å²) in [6.07, 6.45) is 11.0. The third-order valence-corrected chi connectivity index (χ3v) is 16.6. The van der Waals surface area contributed by atoms with Crippen molar-refractivity contribution in [2.24, 2.45) is 5.92 Å². The van der Waals surface area contributed by atoms with Crippen LogP contribution in [0, 0.1) is 25.6 Å². The predicted molar refractivity (Wildman–Crippen MR) is 302 cm³/mol. The number of H-pyrrole nitrogens is 1. The molecule has 6 atom stereocenters. The number of methoxy groups -OCH3 is 1. The molecule has 414 valence electrons. The van der Waals surface area contributed by atoms with Crippen molar-refractivity contribution in [2.45, 2.75) is 116 Å². The normalized spacial score (nSPS) is 19.1. The largest absolute Gasteiger partial charge is 0.486 e. The smallest absolute Gasteiger partial charge is 0.319 e. The van der Waals surface area contributed by atoms with Crippen LogP contribution in [0.3, 0.4) is 0 Å². The molecule has 19 heteroatoms. The lowest BCUT2D eigenvalue weighted by Crippen LogP contribution is -2.50. The monoisotopic (exact) mass is 1080 g/mol. The highest BCUT2D eigenvalue weighted by molar-refractivity contribution is 6.06. The minimum Gasteiger partial charge on any atom is -0.486 e. The Balaban J connectivity index is 0.815. The first-order chi connectivity index (χ1) is 38.8. The predicted octanol–water partition coefficient (Wildman–Crippen LogP) is 8.71. The zero-order valence-corrected chi connectivity index (χ0v) is 45.9. The minimum absolute atomic E-state index is 0.145. The SMILES string of the molecule is CO[C@@H](C)COc1nc(N2C[C@@H]3C[C@H]2CN3)c2cc(C3CC3)c(-c3c(C)c(F)cc4[nH]ncc34)c(OCc3ccc(-c4cn([C@H](C(=O)N5CCC[C@H]5C(=O)N[C@@H](CO)c5ccc(-c6ccncc6C)cc5)C(C)C)nn4)cc3)c2n1. The van der Waals surface area contributed by atoms with Gasteiger partial charge in [0.05, 0.1) is 36.7 Å². The van der Waals surface area contributed by atoms with Crippen LogP contribution in [0.15, 0.2) is 91.5 Å². The maximum Gasteiger partial charge on any atom is 0.319 e. The molecule has 4 aromatic carbocycles. The number of pyridine rings is 1. The average Bonchev–Trinajstić information content (AvgIpc) is 4.10. The standard InChI is InChI=1S/C61H67FN12O6/c1-33(2)56(60(77)72-21-7-8-52(72)59(76)66-51(30-75)41-17-15-38(16-18-41)44-19-20-63-25-34(44)3)74-29-50(70-71-74)40-11-9-37(10-12-40)32-79-57-54(53-36(5)48(62)24-49-47(53)27-65-69-49)45(39-13-14-39)23-46-55(57)67-61(80-31-35(4)78-6)68-58(46)73-28-42-22-43(73)26-64-42/h9-12,15-20,23-25,27,29,33,35,39,42-43,51-52,56,64,75H,7-8,13-14,21-22,26,28,30-32H2,1-6H3,(H,65,69)(H,66,76)/t35-,42-,43-,51-,52-,56-/m0/s1. The Bertz CT molecular complexity index is 3600. The topological polar surface area (TPSA) is 211 Å². The molecule has 2 bridgehead atoms. The van der Waals surface area contributed by atoms with Gasteiger partial charge in [0.15, 0.2) is 5.75 Å². The number of aromatic nitrogens is 8. The van der Waals surface area contributed by atoms with Crippen LogP contribution in [0.1, 0.15) is 98.7 Å². The molecule has 4 aromatic heterocycles. The summed E-state index contributed by atoms with van der Waals surface area (Å²) in [5, 5.41) is 35.2. The van der Waals surface area contributed by atoms with Gasteiger partial charge in [-0.05, 0) is 122 Å². The maximum absolute atomic E-state index is 16.1. The maximum atomic E-state index is 16.1. The first-order valence-electron chi connectivity index (χ1n) is 27.9. The molecule has 0 spiro atoms. The van der Waals surface area contributed by atoms with Crippen LogP contribution in [0.2, 0.25) is 0 Å². The number of ether oxygens (including phenoxy) is 3. The summed E-state index contributed by atoms with van der Waals surface area (Å²) in [5.41, 5.74) is 10.3. The summed E-state index contributed by atoms with van der Waals surface area (Å²) in [6.45, 7) is 11.8. The lowest BCUT2D eigenvalue weighted by molar-refractivity contribution is -0.142. The molecule has 12 rings (SSSR count). The molecule has 3 saturated heterocycles. The van der Waals surface area contributed by atoms with Gasteiger partial charge in [0.1, 0.15) is 48.1 Å². The number of carbonyl (C=O) groups excluding carboxylic acids is 2. The fraction of sp³-hybridized carbons (Fsp3) is 0.410. The highest BCUT2D eigenvalue weighted by Gasteiger charge is 2.42. The van der Waals surface area contributed by atoms with Gasteiger partial charge in [0.2, 0.25) is 11.8 Å². The number of hydrogen-bond donors (Lipinski definition) is 4. The minimum atomic E-state index is -0.730. The van der Waals surface area contributed by atoms with Gasteiger partial charge in [0.25, 0.3) is 0 Å². The quantitative estimate of drug-likeness (QED) is 0.0597. The van der Waals surface area contributed by atoms with E-state index in [0.717, 1.165) is 93.4 Å². The fourth-order valence-corrected chi connectivity index (χ4v) is 12.0. The number of aliphatic hydroxyl groups excluding tert-OH is 1. The first-order valence-corrected chi connectivity index (χ1v) is 27.9. The molecule has 1 aliphatic carbocycles. The van der Waals surface area contributed by atoms with Gasteiger partial charge in [-0.1, -0.05) is 67.6 Å². The number of aromatic amines is 1. The van der Waals surface area contributed by atoms with Crippen LogP contribution in [0.4, 0.5) is 10.2 Å². The van der Waals surface area contributed by atoms with E-state index in [1.165, 1.54) is 6.07 Å². The summed E-state index contributed by atoms with van der Waals surface area (Å²) < 4.78 is 36.7. The van der Waals surface area contributed by atoms with Crippen molar-refractivity contribution in [2.75, 3.05) is 44.9 Å². The van der Waals surface area contributed by atoms with E-state index >= 15 is 4.39 Å². The summed E-state index contributed by atoms with van der Waals surface area (Å²) in [4.78, 5) is 47.1. The van der Waals surface area contributed by atoms with Crippen molar-refractivity contribution in [3.05, 3.63) is 125 Å². The number of aliphatic hydroxyl groups is 1. The zero-order chi connectivity index (χ0) is 55.3. The Morgan fingerprint density at radius 3 is 2.45 bits per heavy atom. The fourth-order valence-electron chi connectivity index (χ4n) is 12.0. The number of hydrogen-bond acceptors (Lipinski definition) is 14. The van der Waals surface area contributed by atoms with Crippen molar-refractivity contribution >= 4 is 39.4 Å². The van der Waals surface area contributed by atoms with Crippen LogP contribution in [-0.4, -0.2) is 126 Å². The molecule has 3 aliphatic heterocycles. The summed E-state index contributed by atoms with van der Waals surface area (Å²) >= 11 is 0. The summed E-state index contributed by atoms with van der Waals surface area (Å²) in [7, 11) is 1.64. The second-order valence-corrected chi connectivity index (χ2v) is 22.4. The zero-order valence-electron chi connectivity index (χ0n) is 45.9. The van der Waals surface area contributed by atoms with E-state index in [4.69, 9.17) is 24.2 Å². The van der Waals surface area contributed by atoms with Crippen molar-refractivity contribution < 1.29 is 33.3 Å². The molecule has 18 nitrogen and oxygen atoms in total. The van der Waals surface area contributed by atoms with Gasteiger partial charge in [-0.25, -0.2) is 9.07 Å². The number of likely N-dealkylation sites (tertiary alicyclic amines) is 1. The number of carbonyl (C=O) groups is 2. The van der Waals surface area contributed by atoms with Crippen molar-refractivity contribution in [3.63, 3.8) is 0 Å². The molecule has 0 radical (unpaired) electrons. The molecule has 4 fully saturated rings. The third kappa shape index (κ3) is 10.1.